The number of anilines is 3. The second kappa shape index (κ2) is 12.5. The van der Waals surface area contributed by atoms with Crippen LogP contribution < -0.4 is 15.8 Å². The Labute approximate surface area is 320 Å². The molecule has 56 heavy (non-hydrogen) atoms. The van der Waals surface area contributed by atoms with Crippen LogP contribution in [0, 0.1) is 0 Å². The van der Waals surface area contributed by atoms with E-state index in [4.69, 9.17) is 0 Å². The van der Waals surface area contributed by atoms with Gasteiger partial charge in [-0.05, 0) is 92.3 Å². The van der Waals surface area contributed by atoms with Crippen LogP contribution >= 0.6 is 0 Å². The second-order valence-corrected chi connectivity index (χ2v) is 14.2. The van der Waals surface area contributed by atoms with Crippen LogP contribution in [0.5, 0.6) is 0 Å². The van der Waals surface area contributed by atoms with Crippen molar-refractivity contribution in [2.75, 3.05) is 4.90 Å². The number of pyridine rings is 3. The Hall–Kier alpha value is -7.63. The van der Waals surface area contributed by atoms with Crippen LogP contribution in [0.4, 0.5) is 17.1 Å². The number of nitrogens with zero attached hydrogens (tertiary/aromatic N) is 3. The second-order valence-electron chi connectivity index (χ2n) is 14.2. The highest BCUT2D eigenvalue weighted by Gasteiger charge is 2.23. The van der Waals surface area contributed by atoms with E-state index < -0.39 is 0 Å². The van der Waals surface area contributed by atoms with E-state index in [1.807, 2.05) is 42.5 Å². The van der Waals surface area contributed by atoms with E-state index in [9.17, 15) is 9.59 Å². The first-order valence-electron chi connectivity index (χ1n) is 18.7. The van der Waals surface area contributed by atoms with Gasteiger partial charge >= 0.3 is 0 Å². The fraction of sp³-hybridized carbons (Fsp3) is 0. The van der Waals surface area contributed by atoms with Crippen LogP contribution in [0.2, 0.25) is 0 Å². The summed E-state index contributed by atoms with van der Waals surface area (Å²) in [5.41, 5.74) is 8.80. The molecule has 0 N–H and O–H groups in total. The van der Waals surface area contributed by atoms with Crippen LogP contribution in [0.3, 0.4) is 0 Å². The van der Waals surface area contributed by atoms with E-state index in [-0.39, 0.29) is 10.9 Å². The summed E-state index contributed by atoms with van der Waals surface area (Å²) in [7, 11) is 0. The van der Waals surface area contributed by atoms with E-state index >= 15 is 0 Å². The first kappa shape index (κ1) is 31.9. The van der Waals surface area contributed by atoms with E-state index in [0.29, 0.717) is 27.1 Å². The molecular weight excluding hydrogens is 687 g/mol. The molecule has 3 aromatic heterocycles. The lowest BCUT2D eigenvalue weighted by atomic mass is 9.97. The number of hydrogen-bond donors (Lipinski definition) is 0. The van der Waals surface area contributed by atoms with Gasteiger partial charge in [0.15, 0.2) is 5.43 Å². The Balaban J connectivity index is 1.16. The SMILES string of the molecule is O=c1c2ccccc2n2c3cccc(N(c4ccc(-c5cccc6ccccc56)cc4)c4ccc(-c5cccc6ccccc56)cc4)c3c(=O)c3cncc1c32. The predicted molar refractivity (Wildman–Crippen MR) is 232 cm³/mol. The molecule has 0 saturated carbocycles. The van der Waals surface area contributed by atoms with Crippen molar-refractivity contribution in [1.29, 1.82) is 0 Å². The molecule has 0 unspecified atom stereocenters. The maximum Gasteiger partial charge on any atom is 0.200 e. The van der Waals surface area contributed by atoms with Crippen molar-refractivity contribution in [2.24, 2.45) is 0 Å². The van der Waals surface area contributed by atoms with Crippen LogP contribution in [-0.2, 0) is 0 Å². The molecule has 0 spiro atoms. The van der Waals surface area contributed by atoms with Gasteiger partial charge in [0.05, 0.1) is 38.4 Å². The molecule has 3 heterocycles. The first-order chi connectivity index (χ1) is 27.6. The summed E-state index contributed by atoms with van der Waals surface area (Å²) >= 11 is 0. The molecule has 0 fully saturated rings. The summed E-state index contributed by atoms with van der Waals surface area (Å²) in [6.45, 7) is 0. The van der Waals surface area contributed by atoms with E-state index in [2.05, 4.69) is 148 Å². The maximum atomic E-state index is 14.9. The fourth-order valence-electron chi connectivity index (χ4n) is 8.63. The summed E-state index contributed by atoms with van der Waals surface area (Å²) in [6, 6.07) is 60.4. The molecule has 262 valence electrons. The Kier molecular flexibility index (Phi) is 7.09. The molecule has 0 atom stereocenters. The van der Waals surface area contributed by atoms with Gasteiger partial charge in [-0.2, -0.15) is 0 Å². The molecule has 0 amide bonds. The van der Waals surface area contributed by atoms with Crippen molar-refractivity contribution < 1.29 is 0 Å². The smallest absolute Gasteiger partial charge is 0.200 e. The van der Waals surface area contributed by atoms with Gasteiger partial charge in [0.2, 0.25) is 5.43 Å². The largest absolute Gasteiger partial charge is 0.310 e. The van der Waals surface area contributed by atoms with Crippen molar-refractivity contribution in [3.8, 4) is 22.3 Å². The molecule has 11 rings (SSSR count). The molecule has 0 aliphatic carbocycles. The van der Waals surface area contributed by atoms with Crippen LogP contribution in [0.25, 0.3) is 81.9 Å². The van der Waals surface area contributed by atoms with Gasteiger partial charge in [-0.25, -0.2) is 0 Å². The summed E-state index contributed by atoms with van der Waals surface area (Å²) in [4.78, 5) is 35.2. The van der Waals surface area contributed by atoms with E-state index in [1.54, 1.807) is 12.4 Å². The van der Waals surface area contributed by atoms with Gasteiger partial charge in [0.25, 0.3) is 0 Å². The van der Waals surface area contributed by atoms with Gasteiger partial charge < -0.3 is 9.30 Å². The number of fused-ring (bicyclic) bond motifs is 6. The van der Waals surface area contributed by atoms with Crippen molar-refractivity contribution in [2.45, 2.75) is 0 Å². The molecule has 0 radical (unpaired) electrons. The average molecular weight is 718 g/mol. The topological polar surface area (TPSA) is 54.7 Å². The van der Waals surface area contributed by atoms with Gasteiger partial charge in [-0.15, -0.1) is 0 Å². The molecule has 0 bridgehead atoms. The third kappa shape index (κ3) is 4.78. The average Bonchev–Trinajstić information content (AvgIpc) is 3.26. The van der Waals surface area contributed by atoms with Crippen molar-refractivity contribution in [1.82, 2.24) is 9.38 Å². The van der Waals surface area contributed by atoms with E-state index in [0.717, 1.165) is 50.3 Å². The van der Waals surface area contributed by atoms with Gasteiger partial charge in [-0.3, -0.25) is 14.6 Å². The Morgan fingerprint density at radius 2 is 0.893 bits per heavy atom. The minimum Gasteiger partial charge on any atom is -0.310 e. The van der Waals surface area contributed by atoms with Crippen molar-refractivity contribution >= 4 is 76.7 Å². The standard InChI is InChI=1S/C51H31N3O2/c55-50-42-16-5-6-19-45(42)54-47-21-9-20-46(48(47)51(56)44-31-52-30-43(50)49(44)54)53(36-26-22-34(23-27-36)40-17-7-12-32-10-1-3-14-38(32)40)37-28-24-35(25-29-37)41-18-8-13-33-11-2-4-15-39(33)41/h1-31H. The molecule has 8 aromatic carbocycles. The quantitative estimate of drug-likeness (QED) is 0.131. The Bertz CT molecular complexity index is 3330. The van der Waals surface area contributed by atoms with Gasteiger partial charge in [0.1, 0.15) is 0 Å². The number of aromatic nitrogens is 2. The number of rotatable bonds is 5. The van der Waals surface area contributed by atoms with Crippen LogP contribution in [0.15, 0.2) is 198 Å². The minimum absolute atomic E-state index is 0.132. The van der Waals surface area contributed by atoms with Gasteiger partial charge in [-0.1, -0.05) is 127 Å². The highest BCUT2D eigenvalue weighted by atomic mass is 16.1. The lowest BCUT2D eigenvalue weighted by Gasteiger charge is -2.27. The molecule has 5 heteroatoms. The summed E-state index contributed by atoms with van der Waals surface area (Å²) in [5, 5.41) is 6.72. The zero-order valence-corrected chi connectivity index (χ0v) is 30.1. The highest BCUT2D eigenvalue weighted by molar-refractivity contribution is 6.10. The molecule has 0 aliphatic rings. The van der Waals surface area contributed by atoms with Crippen molar-refractivity contribution in [3.05, 3.63) is 209 Å². The third-order valence-electron chi connectivity index (χ3n) is 11.2. The molecule has 0 aliphatic heterocycles. The predicted octanol–water partition coefficient (Wildman–Crippen LogP) is 12.1. The monoisotopic (exact) mass is 717 g/mol. The fourth-order valence-corrected chi connectivity index (χ4v) is 8.63. The normalized spacial score (nSPS) is 11.7. The molecule has 0 saturated heterocycles. The Morgan fingerprint density at radius 3 is 1.50 bits per heavy atom. The first-order valence-corrected chi connectivity index (χ1v) is 18.7. The summed E-state index contributed by atoms with van der Waals surface area (Å²) in [6.07, 6.45) is 3.17. The lowest BCUT2D eigenvalue weighted by Crippen LogP contribution is -2.18. The van der Waals surface area contributed by atoms with Crippen LogP contribution in [-0.4, -0.2) is 9.38 Å². The third-order valence-corrected chi connectivity index (χ3v) is 11.2. The molecule has 11 aromatic rings. The van der Waals surface area contributed by atoms with E-state index in [1.165, 1.54) is 21.5 Å². The number of hydrogen-bond acceptors (Lipinski definition) is 4. The zero-order valence-electron chi connectivity index (χ0n) is 30.1. The summed E-state index contributed by atoms with van der Waals surface area (Å²) < 4.78 is 2.06. The Morgan fingerprint density at radius 1 is 0.411 bits per heavy atom. The molecule has 5 nitrogen and oxygen atoms in total. The lowest BCUT2D eigenvalue weighted by molar-refractivity contribution is 1.26. The van der Waals surface area contributed by atoms with Crippen LogP contribution in [0.1, 0.15) is 0 Å². The highest BCUT2D eigenvalue weighted by Crippen LogP contribution is 2.41. The maximum absolute atomic E-state index is 14.9. The zero-order chi connectivity index (χ0) is 37.3. The number of para-hydroxylation sites is 1. The van der Waals surface area contributed by atoms with Crippen molar-refractivity contribution in [3.63, 3.8) is 0 Å². The molecular formula is C51H31N3O2. The minimum atomic E-state index is -0.173. The van der Waals surface area contributed by atoms with Gasteiger partial charge in [0, 0.05) is 29.2 Å². The number of benzene rings is 8. The summed E-state index contributed by atoms with van der Waals surface area (Å²) in [5.74, 6) is 0.